The topological polar surface area (TPSA) is 107 Å². The smallest absolute Gasteiger partial charge is 0.297 e. The zero-order chi connectivity index (χ0) is 19.3. The van der Waals surface area contributed by atoms with Gasteiger partial charge in [-0.1, -0.05) is 36.8 Å². The highest BCUT2D eigenvalue weighted by atomic mass is 32.2. The zero-order valence-electron chi connectivity index (χ0n) is 14.5. The number of benzene rings is 2. The van der Waals surface area contributed by atoms with Crippen LogP contribution in [0.1, 0.15) is 18.1 Å². The minimum Gasteiger partial charge on any atom is -0.390 e. The molecule has 8 heteroatoms. The molecule has 0 aliphatic rings. The van der Waals surface area contributed by atoms with Gasteiger partial charge in [-0.3, -0.25) is 14.3 Å². The molecule has 0 heterocycles. The van der Waals surface area contributed by atoms with E-state index in [1.165, 1.54) is 24.3 Å². The molecule has 7 nitrogen and oxygen atoms in total. The SMILES string of the molecule is Cc1ccc(S(=O)(=O)OCC(O)C(C)Cc2ccc([N+](=O)[O-])cc2)cc1. The van der Waals surface area contributed by atoms with E-state index in [1.807, 2.05) is 6.92 Å². The molecule has 0 aliphatic heterocycles. The van der Waals surface area contributed by atoms with Crippen molar-refractivity contribution in [3.8, 4) is 0 Å². The zero-order valence-corrected chi connectivity index (χ0v) is 15.3. The maximum atomic E-state index is 12.1. The molecule has 0 radical (unpaired) electrons. The Bertz CT molecular complexity index is 846. The van der Waals surface area contributed by atoms with Gasteiger partial charge in [0.05, 0.1) is 22.5 Å². The second-order valence-corrected chi connectivity index (χ2v) is 7.84. The Hall–Kier alpha value is -2.29. The van der Waals surface area contributed by atoms with Gasteiger partial charge < -0.3 is 5.11 Å². The number of aliphatic hydroxyl groups is 1. The van der Waals surface area contributed by atoms with Crippen molar-refractivity contribution in [3.63, 3.8) is 0 Å². The minimum atomic E-state index is -3.93. The van der Waals surface area contributed by atoms with Gasteiger partial charge in [0.2, 0.25) is 0 Å². The molecule has 1 N–H and O–H groups in total. The Morgan fingerprint density at radius 2 is 1.69 bits per heavy atom. The first kappa shape index (κ1) is 20.0. The van der Waals surface area contributed by atoms with Crippen LogP contribution in [0.4, 0.5) is 5.69 Å². The van der Waals surface area contributed by atoms with E-state index < -0.39 is 21.1 Å². The standard InChI is InChI=1S/C18H21NO6S/c1-13-3-9-17(10-4-13)26(23,24)25-12-18(20)14(2)11-15-5-7-16(8-6-15)19(21)22/h3-10,14,18,20H,11-12H2,1-2H3. The van der Waals surface area contributed by atoms with Crippen LogP contribution < -0.4 is 0 Å². The lowest BCUT2D eigenvalue weighted by molar-refractivity contribution is -0.384. The second-order valence-electron chi connectivity index (χ2n) is 6.22. The third kappa shape index (κ3) is 5.35. The molecule has 26 heavy (non-hydrogen) atoms. The molecule has 2 rings (SSSR count). The van der Waals surface area contributed by atoms with Gasteiger partial charge in [-0.15, -0.1) is 0 Å². The Balaban J connectivity index is 1.93. The predicted molar refractivity (Wildman–Crippen MR) is 96.3 cm³/mol. The van der Waals surface area contributed by atoms with Gasteiger partial charge >= 0.3 is 0 Å². The van der Waals surface area contributed by atoms with Crippen LogP contribution in [0.2, 0.25) is 0 Å². The molecular weight excluding hydrogens is 358 g/mol. The van der Waals surface area contributed by atoms with Crippen molar-refractivity contribution in [1.29, 1.82) is 0 Å². The third-order valence-corrected chi connectivity index (χ3v) is 5.36. The van der Waals surface area contributed by atoms with Crippen LogP contribution in [0.25, 0.3) is 0 Å². The van der Waals surface area contributed by atoms with Crippen LogP contribution in [0.15, 0.2) is 53.4 Å². The van der Waals surface area contributed by atoms with Crippen LogP contribution in [0.5, 0.6) is 0 Å². The first-order valence-corrected chi connectivity index (χ1v) is 9.47. The van der Waals surface area contributed by atoms with Crippen LogP contribution in [0.3, 0.4) is 0 Å². The molecule has 2 aromatic rings. The largest absolute Gasteiger partial charge is 0.390 e. The molecule has 140 valence electrons. The summed E-state index contributed by atoms with van der Waals surface area (Å²) in [6.07, 6.45) is -0.557. The highest BCUT2D eigenvalue weighted by molar-refractivity contribution is 7.86. The fourth-order valence-electron chi connectivity index (χ4n) is 2.36. The van der Waals surface area contributed by atoms with Crippen LogP contribution in [0, 0.1) is 23.0 Å². The number of nitro benzene ring substituents is 1. The van der Waals surface area contributed by atoms with Crippen LogP contribution >= 0.6 is 0 Å². The number of nitro groups is 1. The van der Waals surface area contributed by atoms with Gasteiger partial charge in [-0.2, -0.15) is 8.42 Å². The lowest BCUT2D eigenvalue weighted by Crippen LogP contribution is -2.27. The van der Waals surface area contributed by atoms with E-state index >= 15 is 0 Å². The van der Waals surface area contributed by atoms with Crippen molar-refractivity contribution in [2.45, 2.75) is 31.3 Å². The normalized spacial score (nSPS) is 14.0. The van der Waals surface area contributed by atoms with Gasteiger partial charge in [0.1, 0.15) is 0 Å². The molecule has 2 atom stereocenters. The van der Waals surface area contributed by atoms with Gasteiger partial charge in [-0.25, -0.2) is 0 Å². The molecule has 2 unspecified atom stereocenters. The Labute approximate surface area is 152 Å². The number of aliphatic hydroxyl groups excluding tert-OH is 1. The maximum Gasteiger partial charge on any atom is 0.297 e. The quantitative estimate of drug-likeness (QED) is 0.429. The summed E-state index contributed by atoms with van der Waals surface area (Å²) in [4.78, 5) is 10.2. The molecule has 0 fully saturated rings. The van der Waals surface area contributed by atoms with E-state index in [0.29, 0.717) is 6.42 Å². The van der Waals surface area contributed by atoms with Gasteiger partial charge in [0, 0.05) is 12.1 Å². The van der Waals surface area contributed by atoms with Crippen molar-refractivity contribution < 1.29 is 22.6 Å². The van der Waals surface area contributed by atoms with E-state index in [-0.39, 0.29) is 23.1 Å². The van der Waals surface area contributed by atoms with Crippen molar-refractivity contribution in [3.05, 3.63) is 69.8 Å². The molecule has 0 aliphatic carbocycles. The average molecular weight is 379 g/mol. The van der Waals surface area contributed by atoms with Crippen molar-refractivity contribution >= 4 is 15.8 Å². The number of rotatable bonds is 8. The number of aryl methyl sites for hydroxylation is 1. The molecule has 0 amide bonds. The number of nitrogens with zero attached hydrogens (tertiary/aromatic N) is 1. The molecule has 0 saturated heterocycles. The van der Waals surface area contributed by atoms with E-state index in [0.717, 1.165) is 11.1 Å². The van der Waals surface area contributed by atoms with Crippen molar-refractivity contribution in [1.82, 2.24) is 0 Å². The van der Waals surface area contributed by atoms with E-state index in [4.69, 9.17) is 4.18 Å². The summed E-state index contributed by atoms with van der Waals surface area (Å²) in [5.41, 5.74) is 1.73. The van der Waals surface area contributed by atoms with Gasteiger partial charge in [0.15, 0.2) is 0 Å². The van der Waals surface area contributed by atoms with Crippen molar-refractivity contribution in [2.75, 3.05) is 6.61 Å². The Morgan fingerprint density at radius 3 is 2.23 bits per heavy atom. The number of non-ortho nitro benzene ring substituents is 1. The van der Waals surface area contributed by atoms with Gasteiger partial charge in [-0.05, 0) is 37.0 Å². The summed E-state index contributed by atoms with van der Waals surface area (Å²) >= 11 is 0. The molecule has 2 aromatic carbocycles. The van der Waals surface area contributed by atoms with Crippen LogP contribution in [-0.4, -0.2) is 31.2 Å². The fraction of sp³-hybridized carbons (Fsp3) is 0.333. The summed E-state index contributed by atoms with van der Waals surface area (Å²) < 4.78 is 29.2. The molecular formula is C18H21NO6S. The monoisotopic (exact) mass is 379 g/mol. The maximum absolute atomic E-state index is 12.1. The summed E-state index contributed by atoms with van der Waals surface area (Å²) in [6, 6.07) is 12.3. The minimum absolute atomic E-state index is 0.00511. The molecule has 0 bridgehead atoms. The highest BCUT2D eigenvalue weighted by Crippen LogP contribution is 2.18. The second kappa shape index (κ2) is 8.39. The third-order valence-electron chi connectivity index (χ3n) is 4.07. The van der Waals surface area contributed by atoms with E-state index in [9.17, 15) is 23.6 Å². The summed E-state index contributed by atoms with van der Waals surface area (Å²) in [5.74, 6) is -0.287. The first-order chi connectivity index (χ1) is 12.2. The van der Waals surface area contributed by atoms with Gasteiger partial charge in [0.25, 0.3) is 15.8 Å². The number of hydrogen-bond donors (Lipinski definition) is 1. The summed E-state index contributed by atoms with van der Waals surface area (Å²) in [6.45, 7) is 3.25. The average Bonchev–Trinajstić information content (AvgIpc) is 2.60. The highest BCUT2D eigenvalue weighted by Gasteiger charge is 2.21. The Kier molecular flexibility index (Phi) is 6.47. The molecule has 0 spiro atoms. The van der Waals surface area contributed by atoms with E-state index in [2.05, 4.69) is 0 Å². The van der Waals surface area contributed by atoms with Crippen molar-refractivity contribution in [2.24, 2.45) is 5.92 Å². The fourth-order valence-corrected chi connectivity index (χ4v) is 3.28. The molecule has 0 aromatic heterocycles. The lowest BCUT2D eigenvalue weighted by atomic mass is 9.96. The van der Waals surface area contributed by atoms with E-state index in [1.54, 1.807) is 31.2 Å². The first-order valence-electron chi connectivity index (χ1n) is 8.06. The summed E-state index contributed by atoms with van der Waals surface area (Å²) in [7, 11) is -3.93. The van der Waals surface area contributed by atoms with Crippen LogP contribution in [-0.2, 0) is 20.7 Å². The lowest BCUT2D eigenvalue weighted by Gasteiger charge is -2.18. The summed E-state index contributed by atoms with van der Waals surface area (Å²) in [5, 5.41) is 20.8. The molecule has 0 saturated carbocycles. The Morgan fingerprint density at radius 1 is 1.12 bits per heavy atom. The predicted octanol–water partition coefficient (Wildman–Crippen LogP) is 2.85. The number of hydrogen-bond acceptors (Lipinski definition) is 6.